The van der Waals surface area contributed by atoms with Gasteiger partial charge in [0.25, 0.3) is 0 Å². The molecule has 0 fully saturated rings. The summed E-state index contributed by atoms with van der Waals surface area (Å²) in [6.07, 6.45) is 0. The summed E-state index contributed by atoms with van der Waals surface area (Å²) in [6.45, 7) is 0. The molecule has 10 rings (SSSR count). The molecule has 0 spiro atoms. The maximum absolute atomic E-state index is 2.48. The summed E-state index contributed by atoms with van der Waals surface area (Å²) >= 11 is 1.86. The third kappa shape index (κ3) is 4.47. The fourth-order valence-corrected chi connectivity index (χ4v) is 8.66. The van der Waals surface area contributed by atoms with Gasteiger partial charge in [0.15, 0.2) is 0 Å². The molecular weight excluding hydrogens is 613 g/mol. The minimum Gasteiger partial charge on any atom is -0.309 e. The van der Waals surface area contributed by atoms with Gasteiger partial charge in [-0.05, 0) is 77.0 Å². The minimum atomic E-state index is 1.13. The van der Waals surface area contributed by atoms with Gasteiger partial charge in [0.2, 0.25) is 0 Å². The van der Waals surface area contributed by atoms with E-state index in [0.717, 1.165) is 22.7 Å². The summed E-state index contributed by atoms with van der Waals surface area (Å²) in [5.41, 5.74) is 9.33. The van der Waals surface area contributed by atoms with Crippen LogP contribution in [0.5, 0.6) is 0 Å². The van der Waals surface area contributed by atoms with Gasteiger partial charge in [-0.3, -0.25) is 0 Å². The molecule has 0 N–H and O–H groups in total. The van der Waals surface area contributed by atoms with E-state index >= 15 is 0 Å². The van der Waals surface area contributed by atoms with Crippen LogP contribution in [-0.2, 0) is 0 Å². The molecule has 0 aliphatic carbocycles. The molecule has 0 saturated heterocycles. The van der Waals surface area contributed by atoms with Gasteiger partial charge in [-0.2, -0.15) is 0 Å². The van der Waals surface area contributed by atoms with Crippen molar-refractivity contribution in [2.75, 3.05) is 4.90 Å². The molecule has 2 nitrogen and oxygen atoms in total. The summed E-state index contributed by atoms with van der Waals surface area (Å²) in [6, 6.07) is 66.3. The second-order valence-corrected chi connectivity index (χ2v) is 13.6. The molecule has 49 heavy (non-hydrogen) atoms. The summed E-state index contributed by atoms with van der Waals surface area (Å²) in [4.78, 5) is 2.48. The zero-order chi connectivity index (χ0) is 32.3. The number of nitrogens with zero attached hydrogens (tertiary/aromatic N) is 2. The highest BCUT2D eigenvalue weighted by Crippen LogP contribution is 2.48. The standard InChI is InChI=1S/C46H30N2S/c1-2-14-32(15-3-1)36-17-6-9-20-40(36)48(35-27-28-45-39(30-35)37-18-8-11-24-44(37)49-45)43-23-12-22-42-46(43)38-19-7-10-21-41(38)47(42)34-26-25-31-13-4-5-16-33(31)29-34/h1-30H. The molecule has 0 aliphatic heterocycles. The Morgan fingerprint density at radius 3 is 2.04 bits per heavy atom. The smallest absolute Gasteiger partial charge is 0.0562 e. The van der Waals surface area contributed by atoms with Gasteiger partial charge in [0.1, 0.15) is 0 Å². The first kappa shape index (κ1) is 27.9. The Morgan fingerprint density at radius 1 is 0.429 bits per heavy atom. The SMILES string of the molecule is c1ccc(-c2ccccc2N(c2ccc3sc4ccccc4c3c2)c2cccc3c2c2ccccc2n3-c2ccc3ccccc3c2)cc1. The van der Waals surface area contributed by atoms with Gasteiger partial charge in [0, 0.05) is 47.9 Å². The molecule has 8 aromatic carbocycles. The van der Waals surface area contributed by atoms with E-state index in [4.69, 9.17) is 0 Å². The van der Waals surface area contributed by atoms with Gasteiger partial charge < -0.3 is 9.47 Å². The van der Waals surface area contributed by atoms with Crippen molar-refractivity contribution in [2.45, 2.75) is 0 Å². The van der Waals surface area contributed by atoms with Crippen molar-refractivity contribution < 1.29 is 0 Å². The van der Waals surface area contributed by atoms with Crippen LogP contribution in [0.25, 0.3) is 69.6 Å². The van der Waals surface area contributed by atoms with Crippen LogP contribution in [0.4, 0.5) is 17.1 Å². The van der Waals surface area contributed by atoms with E-state index in [1.165, 1.54) is 63.9 Å². The molecular formula is C46H30N2S. The summed E-state index contributed by atoms with van der Waals surface area (Å²) in [7, 11) is 0. The predicted molar refractivity (Wildman–Crippen MR) is 211 cm³/mol. The molecule has 10 aromatic rings. The van der Waals surface area contributed by atoms with Gasteiger partial charge in [-0.25, -0.2) is 0 Å². The largest absolute Gasteiger partial charge is 0.309 e. The molecule has 0 amide bonds. The summed E-state index contributed by atoms with van der Waals surface area (Å²) < 4.78 is 5.04. The second kappa shape index (κ2) is 11.2. The molecule has 0 saturated carbocycles. The Hall–Kier alpha value is -6.16. The molecule has 0 atom stereocenters. The normalized spacial score (nSPS) is 11.7. The first-order valence-electron chi connectivity index (χ1n) is 16.7. The van der Waals surface area contributed by atoms with E-state index in [2.05, 4.69) is 191 Å². The van der Waals surface area contributed by atoms with Crippen LogP contribution >= 0.6 is 11.3 Å². The van der Waals surface area contributed by atoms with Crippen LogP contribution in [0.1, 0.15) is 0 Å². The van der Waals surface area contributed by atoms with E-state index in [9.17, 15) is 0 Å². The molecule has 230 valence electrons. The highest BCUT2D eigenvalue weighted by Gasteiger charge is 2.23. The number of hydrogen-bond donors (Lipinski definition) is 0. The van der Waals surface area contributed by atoms with Crippen molar-refractivity contribution in [2.24, 2.45) is 0 Å². The van der Waals surface area contributed by atoms with E-state index in [1.54, 1.807) is 0 Å². The van der Waals surface area contributed by atoms with E-state index in [-0.39, 0.29) is 0 Å². The number of benzene rings is 8. The van der Waals surface area contributed by atoms with Crippen LogP contribution in [0.3, 0.4) is 0 Å². The maximum atomic E-state index is 2.48. The van der Waals surface area contributed by atoms with Crippen LogP contribution in [-0.4, -0.2) is 4.57 Å². The van der Waals surface area contributed by atoms with Crippen molar-refractivity contribution in [1.29, 1.82) is 0 Å². The molecule has 0 unspecified atom stereocenters. The highest BCUT2D eigenvalue weighted by molar-refractivity contribution is 7.25. The number of para-hydroxylation sites is 2. The molecule has 0 bridgehead atoms. The van der Waals surface area contributed by atoms with Crippen molar-refractivity contribution in [3.05, 3.63) is 182 Å². The number of anilines is 3. The monoisotopic (exact) mass is 642 g/mol. The number of thiophene rings is 1. The zero-order valence-corrected chi connectivity index (χ0v) is 27.4. The quantitative estimate of drug-likeness (QED) is 0.181. The lowest BCUT2D eigenvalue weighted by Gasteiger charge is -2.29. The van der Waals surface area contributed by atoms with Crippen LogP contribution in [0.15, 0.2) is 182 Å². The van der Waals surface area contributed by atoms with Gasteiger partial charge >= 0.3 is 0 Å². The van der Waals surface area contributed by atoms with Crippen LogP contribution < -0.4 is 4.90 Å². The molecule has 2 aromatic heterocycles. The maximum Gasteiger partial charge on any atom is 0.0562 e. The fraction of sp³-hybridized carbons (Fsp3) is 0. The van der Waals surface area contributed by atoms with E-state index < -0.39 is 0 Å². The Balaban J connectivity index is 1.30. The number of hydrogen-bond acceptors (Lipinski definition) is 2. The van der Waals surface area contributed by atoms with Crippen molar-refractivity contribution in [1.82, 2.24) is 4.57 Å². The highest BCUT2D eigenvalue weighted by atomic mass is 32.1. The topological polar surface area (TPSA) is 8.17 Å². The Morgan fingerprint density at radius 2 is 1.12 bits per heavy atom. The minimum absolute atomic E-state index is 1.13. The average Bonchev–Trinajstić information content (AvgIpc) is 3.71. The molecule has 0 radical (unpaired) electrons. The first-order chi connectivity index (χ1) is 24.3. The first-order valence-corrected chi connectivity index (χ1v) is 17.5. The molecule has 3 heteroatoms. The third-order valence-corrected chi connectivity index (χ3v) is 10.9. The zero-order valence-electron chi connectivity index (χ0n) is 26.6. The second-order valence-electron chi connectivity index (χ2n) is 12.6. The van der Waals surface area contributed by atoms with Crippen molar-refractivity contribution in [3.63, 3.8) is 0 Å². The number of fused-ring (bicyclic) bond motifs is 7. The van der Waals surface area contributed by atoms with Crippen molar-refractivity contribution >= 4 is 81.1 Å². The Labute approximate surface area is 288 Å². The lowest BCUT2D eigenvalue weighted by molar-refractivity contribution is 1.18. The van der Waals surface area contributed by atoms with Gasteiger partial charge in [-0.1, -0.05) is 121 Å². The van der Waals surface area contributed by atoms with Crippen LogP contribution in [0.2, 0.25) is 0 Å². The van der Waals surface area contributed by atoms with Crippen molar-refractivity contribution in [3.8, 4) is 16.8 Å². The predicted octanol–water partition coefficient (Wildman–Crippen LogP) is 13.4. The van der Waals surface area contributed by atoms with Gasteiger partial charge in [-0.15, -0.1) is 11.3 Å². The molecule has 0 aliphatic rings. The Bertz CT molecular complexity index is 2840. The summed E-state index contributed by atoms with van der Waals surface area (Å²) in [5.74, 6) is 0. The Kier molecular flexibility index (Phi) is 6.39. The average molecular weight is 643 g/mol. The number of rotatable bonds is 5. The van der Waals surface area contributed by atoms with Crippen LogP contribution in [0, 0.1) is 0 Å². The third-order valence-electron chi connectivity index (χ3n) is 9.76. The van der Waals surface area contributed by atoms with Gasteiger partial charge in [0.05, 0.1) is 22.4 Å². The van der Waals surface area contributed by atoms with E-state index in [0.29, 0.717) is 0 Å². The number of aromatic nitrogens is 1. The summed E-state index contributed by atoms with van der Waals surface area (Å²) in [5, 5.41) is 7.51. The van der Waals surface area contributed by atoms with E-state index in [1.807, 2.05) is 11.3 Å². The lowest BCUT2D eigenvalue weighted by atomic mass is 10.0. The lowest BCUT2D eigenvalue weighted by Crippen LogP contribution is -2.11. The molecule has 2 heterocycles. The fourth-order valence-electron chi connectivity index (χ4n) is 7.57.